The Morgan fingerprint density at radius 2 is 2.00 bits per heavy atom. The molecule has 0 saturated heterocycles. The monoisotopic (exact) mass is 325 g/mol. The molecule has 0 aliphatic carbocycles. The summed E-state index contributed by atoms with van der Waals surface area (Å²) in [4.78, 5) is 21.8. The Morgan fingerprint density at radius 1 is 1.38 bits per heavy atom. The second-order valence-electron chi connectivity index (χ2n) is 3.04. The predicted molar refractivity (Wildman–Crippen MR) is 68.6 cm³/mol. The third-order valence-electron chi connectivity index (χ3n) is 1.97. The van der Waals surface area contributed by atoms with Crippen molar-refractivity contribution in [3.8, 4) is 6.07 Å². The van der Waals surface area contributed by atoms with Crippen molar-refractivity contribution in [1.82, 2.24) is 0 Å². The largest absolute Gasteiger partial charge is 0.302 e. The number of hydrogen-bond donors (Lipinski definition) is 0. The number of nitriles is 1. The minimum atomic E-state index is -0.967. The van der Waals surface area contributed by atoms with Crippen LogP contribution in [0, 0.1) is 17.2 Å². The molecule has 4 heteroatoms. The number of benzene rings is 1. The molecule has 1 unspecified atom stereocenters. The summed E-state index contributed by atoms with van der Waals surface area (Å²) in [6.45, 7) is 0. The summed E-state index contributed by atoms with van der Waals surface area (Å²) in [5, 5.41) is 8.91. The lowest BCUT2D eigenvalue weighted by Crippen LogP contribution is -2.11. The molecular weight excluding hydrogens is 317 g/mol. The van der Waals surface area contributed by atoms with E-state index in [9.17, 15) is 9.59 Å². The van der Waals surface area contributed by atoms with Crippen LogP contribution in [0.15, 0.2) is 35.9 Å². The zero-order valence-electron chi connectivity index (χ0n) is 8.26. The lowest BCUT2D eigenvalue weighted by molar-refractivity contribution is -0.118. The fraction of sp³-hybridized carbons (Fsp3) is 0.0833. The van der Waals surface area contributed by atoms with Gasteiger partial charge < -0.3 is 4.79 Å². The van der Waals surface area contributed by atoms with Crippen LogP contribution < -0.4 is 0 Å². The van der Waals surface area contributed by atoms with Gasteiger partial charge in [0.2, 0.25) is 3.79 Å². The minimum Gasteiger partial charge on any atom is -0.302 e. The quantitative estimate of drug-likeness (QED) is 0.281. The molecular formula is C12H8INO2. The van der Waals surface area contributed by atoms with Crippen LogP contribution in [-0.4, -0.2) is 10.1 Å². The van der Waals surface area contributed by atoms with Crippen molar-refractivity contribution in [3.63, 3.8) is 0 Å². The molecule has 0 fully saturated rings. The zero-order chi connectivity index (χ0) is 12.0. The van der Waals surface area contributed by atoms with E-state index in [1.54, 1.807) is 18.2 Å². The van der Waals surface area contributed by atoms with Gasteiger partial charge in [-0.15, -0.1) is 0 Å². The van der Waals surface area contributed by atoms with Crippen LogP contribution in [0.5, 0.6) is 0 Å². The molecule has 1 atom stereocenters. The molecule has 0 aromatic heterocycles. The first-order chi connectivity index (χ1) is 7.69. The summed E-state index contributed by atoms with van der Waals surface area (Å²) in [7, 11) is 0. The number of carbonyl (C=O) groups excluding carboxylic acids is 2. The van der Waals surface area contributed by atoms with Gasteiger partial charge in [-0.05, 0) is 11.6 Å². The Morgan fingerprint density at radius 3 is 2.44 bits per heavy atom. The third kappa shape index (κ3) is 3.28. The smallest absolute Gasteiger partial charge is 0.207 e. The number of rotatable bonds is 4. The Hall–Kier alpha value is -1.48. The molecule has 0 heterocycles. The van der Waals surface area contributed by atoms with Crippen molar-refractivity contribution < 1.29 is 9.59 Å². The highest BCUT2D eigenvalue weighted by molar-refractivity contribution is 14.1. The molecule has 0 N–H and O–H groups in total. The number of allylic oxidation sites excluding steroid dienone is 1. The molecule has 3 nitrogen and oxygen atoms in total. The van der Waals surface area contributed by atoms with Crippen molar-refractivity contribution in [2.75, 3.05) is 0 Å². The van der Waals surface area contributed by atoms with E-state index in [0.717, 1.165) is 5.56 Å². The maximum absolute atomic E-state index is 11.1. The van der Waals surface area contributed by atoms with Crippen molar-refractivity contribution in [3.05, 3.63) is 41.5 Å². The highest BCUT2D eigenvalue weighted by Crippen LogP contribution is 2.16. The number of halogens is 1. The van der Waals surface area contributed by atoms with E-state index in [4.69, 9.17) is 5.26 Å². The summed E-state index contributed by atoms with van der Waals surface area (Å²) in [6, 6.07) is 11.0. The van der Waals surface area contributed by atoms with Crippen molar-refractivity contribution in [2.24, 2.45) is 5.92 Å². The normalized spacial score (nSPS) is 12.6. The van der Waals surface area contributed by atoms with Gasteiger partial charge in [0.15, 0.2) is 0 Å². The summed E-state index contributed by atoms with van der Waals surface area (Å²) in [5.41, 5.74) is 0.962. The average Bonchev–Trinajstić information content (AvgIpc) is 2.29. The molecule has 0 radical (unpaired) electrons. The fourth-order valence-corrected chi connectivity index (χ4v) is 1.65. The second kappa shape index (κ2) is 6.18. The SMILES string of the molecule is N#C/C(=C\c1ccccc1)C(C=O)C(=O)I. The van der Waals surface area contributed by atoms with Gasteiger partial charge in [0, 0.05) is 28.2 Å². The first-order valence-corrected chi connectivity index (χ1v) is 5.58. The van der Waals surface area contributed by atoms with Gasteiger partial charge in [-0.2, -0.15) is 5.26 Å². The van der Waals surface area contributed by atoms with E-state index in [-0.39, 0.29) is 9.36 Å². The van der Waals surface area contributed by atoms with Gasteiger partial charge in [-0.1, -0.05) is 30.3 Å². The van der Waals surface area contributed by atoms with Crippen LogP contribution in [0.4, 0.5) is 0 Å². The first-order valence-electron chi connectivity index (χ1n) is 4.50. The number of carbonyl (C=O) groups is 2. The molecule has 1 aromatic carbocycles. The summed E-state index contributed by atoms with van der Waals surface area (Å²) >= 11 is 1.52. The highest BCUT2D eigenvalue weighted by atomic mass is 127. The van der Waals surface area contributed by atoms with Gasteiger partial charge >= 0.3 is 0 Å². The summed E-state index contributed by atoms with van der Waals surface area (Å²) < 4.78 is -0.351. The van der Waals surface area contributed by atoms with E-state index in [2.05, 4.69) is 0 Å². The van der Waals surface area contributed by atoms with E-state index in [1.807, 2.05) is 24.3 Å². The van der Waals surface area contributed by atoms with E-state index >= 15 is 0 Å². The molecule has 0 spiro atoms. The van der Waals surface area contributed by atoms with Crippen LogP contribution in [-0.2, 0) is 9.59 Å². The predicted octanol–water partition coefficient (Wildman–Crippen LogP) is 2.37. The minimum absolute atomic E-state index is 0.167. The lowest BCUT2D eigenvalue weighted by Gasteiger charge is -2.02. The molecule has 16 heavy (non-hydrogen) atoms. The zero-order valence-corrected chi connectivity index (χ0v) is 10.4. The van der Waals surface area contributed by atoms with Gasteiger partial charge in [-0.3, -0.25) is 4.79 Å². The number of nitrogens with zero attached hydrogens (tertiary/aromatic N) is 1. The van der Waals surface area contributed by atoms with Gasteiger partial charge in [0.25, 0.3) is 0 Å². The van der Waals surface area contributed by atoms with Gasteiger partial charge in [0.1, 0.15) is 12.2 Å². The van der Waals surface area contributed by atoms with E-state index in [1.165, 1.54) is 22.6 Å². The standard InChI is InChI=1S/C12H8INO2/c13-12(16)11(8-15)10(7-14)6-9-4-2-1-3-5-9/h1-6,8,11H/b10-6+. The number of hydrogen-bond acceptors (Lipinski definition) is 3. The average molecular weight is 325 g/mol. The first kappa shape index (κ1) is 12.6. The highest BCUT2D eigenvalue weighted by Gasteiger charge is 2.19. The molecule has 0 aliphatic heterocycles. The second-order valence-corrected chi connectivity index (χ2v) is 4.10. The molecule has 0 aliphatic rings. The van der Waals surface area contributed by atoms with Gasteiger partial charge in [0.05, 0.1) is 6.07 Å². The maximum Gasteiger partial charge on any atom is 0.207 e. The molecule has 1 aromatic rings. The number of aldehydes is 1. The third-order valence-corrected chi connectivity index (χ3v) is 2.64. The topological polar surface area (TPSA) is 57.9 Å². The molecule has 80 valence electrons. The maximum atomic E-state index is 11.1. The van der Waals surface area contributed by atoms with Crippen LogP contribution in [0.2, 0.25) is 0 Å². The Bertz CT molecular complexity index is 460. The van der Waals surface area contributed by atoms with E-state index in [0.29, 0.717) is 6.29 Å². The molecule has 0 bridgehead atoms. The molecule has 0 amide bonds. The molecule has 0 saturated carbocycles. The van der Waals surface area contributed by atoms with Crippen LogP contribution >= 0.6 is 22.6 Å². The Balaban J connectivity index is 3.08. The van der Waals surface area contributed by atoms with Crippen molar-refractivity contribution in [1.29, 1.82) is 5.26 Å². The van der Waals surface area contributed by atoms with Crippen molar-refractivity contribution in [2.45, 2.75) is 0 Å². The molecule has 1 rings (SSSR count). The summed E-state index contributed by atoms with van der Waals surface area (Å²) in [6.07, 6.45) is 2.04. The summed E-state index contributed by atoms with van der Waals surface area (Å²) in [5.74, 6) is -0.967. The van der Waals surface area contributed by atoms with Crippen LogP contribution in [0.1, 0.15) is 5.56 Å². The van der Waals surface area contributed by atoms with Crippen molar-refractivity contribution >= 4 is 38.7 Å². The van der Waals surface area contributed by atoms with Crippen LogP contribution in [0.25, 0.3) is 6.08 Å². The Kier molecular flexibility index (Phi) is 4.86. The van der Waals surface area contributed by atoms with E-state index < -0.39 is 5.92 Å². The van der Waals surface area contributed by atoms with Gasteiger partial charge in [-0.25, -0.2) is 0 Å². The Labute approximate surface area is 107 Å². The van der Waals surface area contributed by atoms with Crippen LogP contribution in [0.3, 0.4) is 0 Å². The fourth-order valence-electron chi connectivity index (χ4n) is 1.17. The lowest BCUT2D eigenvalue weighted by atomic mass is 10.0.